The van der Waals surface area contributed by atoms with Crippen molar-refractivity contribution in [3.63, 3.8) is 0 Å². The number of carbonyl (C=O) groups excluding carboxylic acids is 1. The summed E-state index contributed by atoms with van der Waals surface area (Å²) in [5, 5.41) is 3.23. The SMILES string of the molecule is COc1ncccc1C(=O)Nc1ncc(Cc2ccc(F)cc2)s1. The number of hydrogen-bond acceptors (Lipinski definition) is 5. The summed E-state index contributed by atoms with van der Waals surface area (Å²) < 4.78 is 18.0. The van der Waals surface area contributed by atoms with Crippen molar-refractivity contribution in [2.45, 2.75) is 6.42 Å². The summed E-state index contributed by atoms with van der Waals surface area (Å²) in [6, 6.07) is 9.61. The number of halogens is 1. The van der Waals surface area contributed by atoms with Crippen LogP contribution >= 0.6 is 11.3 Å². The van der Waals surface area contributed by atoms with Gasteiger partial charge in [0.25, 0.3) is 5.91 Å². The molecule has 0 saturated carbocycles. The molecule has 1 aromatic carbocycles. The average Bonchev–Trinajstić information content (AvgIpc) is 3.03. The zero-order chi connectivity index (χ0) is 16.9. The summed E-state index contributed by atoms with van der Waals surface area (Å²) in [5.41, 5.74) is 1.32. The Kier molecular flexibility index (Phi) is 4.81. The van der Waals surface area contributed by atoms with E-state index in [9.17, 15) is 9.18 Å². The predicted octanol–water partition coefficient (Wildman–Crippen LogP) is 3.53. The van der Waals surface area contributed by atoms with E-state index >= 15 is 0 Å². The quantitative estimate of drug-likeness (QED) is 0.770. The molecule has 3 aromatic rings. The second-order valence-corrected chi connectivity index (χ2v) is 6.06. The second kappa shape index (κ2) is 7.18. The van der Waals surface area contributed by atoms with Gasteiger partial charge in [0.1, 0.15) is 11.4 Å². The smallest absolute Gasteiger partial charge is 0.262 e. The highest BCUT2D eigenvalue weighted by Gasteiger charge is 2.14. The number of anilines is 1. The largest absolute Gasteiger partial charge is 0.480 e. The summed E-state index contributed by atoms with van der Waals surface area (Å²) in [6.45, 7) is 0. The van der Waals surface area contributed by atoms with Crippen molar-refractivity contribution in [2.24, 2.45) is 0 Å². The van der Waals surface area contributed by atoms with Crippen LogP contribution in [0.2, 0.25) is 0 Å². The Hall–Kier alpha value is -2.80. The first-order chi connectivity index (χ1) is 11.7. The van der Waals surface area contributed by atoms with Gasteiger partial charge in [0.05, 0.1) is 7.11 Å². The number of benzene rings is 1. The average molecular weight is 343 g/mol. The molecule has 2 heterocycles. The molecule has 0 aliphatic rings. The van der Waals surface area contributed by atoms with Crippen molar-refractivity contribution < 1.29 is 13.9 Å². The highest BCUT2D eigenvalue weighted by molar-refractivity contribution is 7.15. The first kappa shape index (κ1) is 16.1. The zero-order valence-electron chi connectivity index (χ0n) is 12.8. The standard InChI is InChI=1S/C17H14FN3O2S/c1-23-16-14(3-2-8-19-16)15(22)21-17-20-10-13(24-17)9-11-4-6-12(18)7-5-11/h2-8,10H,9H2,1H3,(H,20,21,22). The molecule has 0 aliphatic heterocycles. The molecule has 2 aromatic heterocycles. The lowest BCUT2D eigenvalue weighted by atomic mass is 10.1. The van der Waals surface area contributed by atoms with Gasteiger partial charge in [0.15, 0.2) is 5.13 Å². The van der Waals surface area contributed by atoms with Gasteiger partial charge in [-0.15, -0.1) is 11.3 Å². The van der Waals surface area contributed by atoms with E-state index in [2.05, 4.69) is 15.3 Å². The van der Waals surface area contributed by atoms with E-state index in [-0.39, 0.29) is 17.6 Å². The Morgan fingerprint density at radius 3 is 2.79 bits per heavy atom. The number of ether oxygens (including phenoxy) is 1. The summed E-state index contributed by atoms with van der Waals surface area (Å²) in [6.07, 6.45) is 3.88. The Morgan fingerprint density at radius 1 is 1.25 bits per heavy atom. The molecule has 0 fully saturated rings. The van der Waals surface area contributed by atoms with Crippen LogP contribution in [-0.2, 0) is 6.42 Å². The van der Waals surface area contributed by atoms with Gasteiger partial charge in [-0.1, -0.05) is 12.1 Å². The highest BCUT2D eigenvalue weighted by atomic mass is 32.1. The van der Waals surface area contributed by atoms with Gasteiger partial charge in [0, 0.05) is 23.7 Å². The van der Waals surface area contributed by atoms with Crippen LogP contribution in [0, 0.1) is 5.82 Å². The van der Waals surface area contributed by atoms with Gasteiger partial charge >= 0.3 is 0 Å². The third-order valence-electron chi connectivity index (χ3n) is 3.27. The number of aromatic nitrogens is 2. The minimum absolute atomic E-state index is 0.262. The van der Waals surface area contributed by atoms with Gasteiger partial charge < -0.3 is 4.74 Å². The van der Waals surface area contributed by atoms with E-state index in [4.69, 9.17) is 4.74 Å². The fraction of sp³-hybridized carbons (Fsp3) is 0.118. The minimum Gasteiger partial charge on any atom is -0.480 e. The molecule has 0 aliphatic carbocycles. The molecule has 7 heteroatoms. The lowest BCUT2D eigenvalue weighted by molar-refractivity contribution is 0.102. The number of methoxy groups -OCH3 is 1. The normalized spacial score (nSPS) is 10.4. The van der Waals surface area contributed by atoms with Crippen molar-refractivity contribution in [1.29, 1.82) is 0 Å². The molecule has 24 heavy (non-hydrogen) atoms. The van der Waals surface area contributed by atoms with E-state index in [1.54, 1.807) is 36.7 Å². The number of thiazole rings is 1. The minimum atomic E-state index is -0.331. The van der Waals surface area contributed by atoms with Gasteiger partial charge in [0.2, 0.25) is 5.88 Å². The molecule has 0 saturated heterocycles. The Bertz CT molecular complexity index is 849. The third kappa shape index (κ3) is 3.75. The molecule has 0 radical (unpaired) electrons. The fourth-order valence-electron chi connectivity index (χ4n) is 2.14. The number of carbonyl (C=O) groups is 1. The van der Waals surface area contributed by atoms with Crippen LogP contribution in [0.1, 0.15) is 20.8 Å². The molecule has 0 unspecified atom stereocenters. The number of hydrogen-bond donors (Lipinski definition) is 1. The highest BCUT2D eigenvalue weighted by Crippen LogP contribution is 2.23. The lowest BCUT2D eigenvalue weighted by Gasteiger charge is -2.05. The monoisotopic (exact) mass is 343 g/mol. The molecular weight excluding hydrogens is 329 g/mol. The second-order valence-electron chi connectivity index (χ2n) is 4.95. The number of nitrogens with one attached hydrogen (secondary N) is 1. The van der Waals surface area contributed by atoms with E-state index in [0.29, 0.717) is 17.1 Å². The van der Waals surface area contributed by atoms with E-state index < -0.39 is 0 Å². The first-order valence-corrected chi connectivity index (χ1v) is 7.97. The van der Waals surface area contributed by atoms with Gasteiger partial charge in [-0.3, -0.25) is 10.1 Å². The fourth-order valence-corrected chi connectivity index (χ4v) is 2.98. The molecule has 122 valence electrons. The van der Waals surface area contributed by atoms with Crippen molar-refractivity contribution in [3.8, 4) is 5.88 Å². The molecule has 0 atom stereocenters. The van der Waals surface area contributed by atoms with Gasteiger partial charge in [-0.05, 0) is 29.8 Å². The molecule has 1 amide bonds. The zero-order valence-corrected chi connectivity index (χ0v) is 13.6. The Morgan fingerprint density at radius 2 is 2.04 bits per heavy atom. The predicted molar refractivity (Wildman–Crippen MR) is 90.1 cm³/mol. The first-order valence-electron chi connectivity index (χ1n) is 7.15. The number of nitrogens with zero attached hydrogens (tertiary/aromatic N) is 2. The van der Waals surface area contributed by atoms with Crippen LogP contribution in [0.4, 0.5) is 9.52 Å². The molecule has 5 nitrogen and oxygen atoms in total. The maximum Gasteiger partial charge on any atom is 0.262 e. The van der Waals surface area contributed by atoms with Crippen LogP contribution in [0.5, 0.6) is 5.88 Å². The molecule has 1 N–H and O–H groups in total. The summed E-state index contributed by atoms with van der Waals surface area (Å²) in [4.78, 5) is 21.5. The summed E-state index contributed by atoms with van der Waals surface area (Å²) in [7, 11) is 1.46. The van der Waals surface area contributed by atoms with Crippen LogP contribution in [0.15, 0.2) is 48.8 Å². The third-order valence-corrected chi connectivity index (χ3v) is 4.19. The Balaban J connectivity index is 1.69. The topological polar surface area (TPSA) is 64.1 Å². The summed E-state index contributed by atoms with van der Waals surface area (Å²) >= 11 is 1.37. The number of pyridine rings is 1. The number of amides is 1. The molecular formula is C17H14FN3O2S. The van der Waals surface area contributed by atoms with Crippen molar-refractivity contribution in [3.05, 3.63) is 70.6 Å². The molecule has 0 bridgehead atoms. The van der Waals surface area contributed by atoms with E-state index in [0.717, 1.165) is 10.4 Å². The molecule has 3 rings (SSSR count). The van der Waals surface area contributed by atoms with Crippen LogP contribution in [0.25, 0.3) is 0 Å². The number of rotatable bonds is 5. The van der Waals surface area contributed by atoms with Gasteiger partial charge in [-0.25, -0.2) is 14.4 Å². The maximum absolute atomic E-state index is 12.9. The van der Waals surface area contributed by atoms with Crippen molar-refractivity contribution in [2.75, 3.05) is 12.4 Å². The summed E-state index contributed by atoms with van der Waals surface area (Å²) in [5.74, 6) is -0.331. The van der Waals surface area contributed by atoms with Crippen LogP contribution < -0.4 is 10.1 Å². The van der Waals surface area contributed by atoms with Gasteiger partial charge in [-0.2, -0.15) is 0 Å². The van der Waals surface area contributed by atoms with Crippen molar-refractivity contribution >= 4 is 22.4 Å². The Labute approximate surface area is 142 Å². The van der Waals surface area contributed by atoms with E-state index in [1.165, 1.54) is 30.6 Å². The van der Waals surface area contributed by atoms with Crippen LogP contribution in [-0.4, -0.2) is 23.0 Å². The lowest BCUT2D eigenvalue weighted by Crippen LogP contribution is -2.13. The maximum atomic E-state index is 12.9. The molecule has 0 spiro atoms. The van der Waals surface area contributed by atoms with Crippen LogP contribution in [0.3, 0.4) is 0 Å². The van der Waals surface area contributed by atoms with E-state index in [1.807, 2.05) is 0 Å². The van der Waals surface area contributed by atoms with Crippen molar-refractivity contribution in [1.82, 2.24) is 9.97 Å².